The minimum atomic E-state index is -0.581. The van der Waals surface area contributed by atoms with E-state index >= 15 is 0 Å². The zero-order chi connectivity index (χ0) is 13.0. The van der Waals surface area contributed by atoms with Gasteiger partial charge in [0.25, 0.3) is 0 Å². The highest BCUT2D eigenvalue weighted by atomic mass is 19.1. The van der Waals surface area contributed by atoms with Crippen LogP contribution in [0.1, 0.15) is 11.1 Å². The van der Waals surface area contributed by atoms with Gasteiger partial charge in [-0.05, 0) is 29.8 Å². The van der Waals surface area contributed by atoms with Gasteiger partial charge in [-0.3, -0.25) is 0 Å². The standard InChI is InChI=1S/C14H11FN2O/c15-14-7-13(5-4-11(14)8-16)18-9-10-2-1-3-12(17)6-10/h1-7H,9,17H2. The second-order valence-electron chi connectivity index (χ2n) is 3.79. The number of ether oxygens (including phenoxy) is 1. The average Bonchev–Trinajstić information content (AvgIpc) is 2.37. The smallest absolute Gasteiger partial charge is 0.144 e. The number of hydrogen-bond donors (Lipinski definition) is 1. The third kappa shape index (κ3) is 2.77. The summed E-state index contributed by atoms with van der Waals surface area (Å²) in [4.78, 5) is 0. The molecule has 0 saturated heterocycles. The molecule has 0 spiro atoms. The van der Waals surface area contributed by atoms with E-state index in [4.69, 9.17) is 15.7 Å². The van der Waals surface area contributed by atoms with Crippen molar-refractivity contribution in [3.05, 3.63) is 59.4 Å². The molecule has 2 rings (SSSR count). The first-order valence-corrected chi connectivity index (χ1v) is 5.36. The van der Waals surface area contributed by atoms with Crippen LogP contribution in [-0.4, -0.2) is 0 Å². The Bertz CT molecular complexity index is 605. The van der Waals surface area contributed by atoms with E-state index in [-0.39, 0.29) is 5.56 Å². The van der Waals surface area contributed by atoms with Crippen LogP contribution in [0.2, 0.25) is 0 Å². The van der Waals surface area contributed by atoms with E-state index < -0.39 is 5.82 Å². The topological polar surface area (TPSA) is 59.0 Å². The molecule has 0 heterocycles. The number of nitrogen functional groups attached to an aromatic ring is 1. The fraction of sp³-hybridized carbons (Fsp3) is 0.0714. The van der Waals surface area contributed by atoms with E-state index in [0.717, 1.165) is 5.56 Å². The van der Waals surface area contributed by atoms with Crippen LogP contribution < -0.4 is 10.5 Å². The normalized spacial score (nSPS) is 9.78. The molecule has 18 heavy (non-hydrogen) atoms. The van der Waals surface area contributed by atoms with Crippen molar-refractivity contribution < 1.29 is 9.13 Å². The van der Waals surface area contributed by atoms with Crippen molar-refractivity contribution in [2.45, 2.75) is 6.61 Å². The fourth-order valence-corrected chi connectivity index (χ4v) is 1.53. The van der Waals surface area contributed by atoms with Crippen LogP contribution in [0, 0.1) is 17.1 Å². The Morgan fingerprint density at radius 2 is 2.06 bits per heavy atom. The van der Waals surface area contributed by atoms with Crippen LogP contribution in [0.4, 0.5) is 10.1 Å². The lowest BCUT2D eigenvalue weighted by Gasteiger charge is -2.07. The first-order valence-electron chi connectivity index (χ1n) is 5.36. The van der Waals surface area contributed by atoms with E-state index in [1.807, 2.05) is 12.1 Å². The second kappa shape index (κ2) is 5.19. The molecule has 2 aromatic rings. The van der Waals surface area contributed by atoms with Gasteiger partial charge in [0.15, 0.2) is 0 Å². The zero-order valence-corrected chi connectivity index (χ0v) is 9.56. The lowest BCUT2D eigenvalue weighted by molar-refractivity contribution is 0.304. The molecule has 0 aliphatic rings. The van der Waals surface area contributed by atoms with Gasteiger partial charge in [0.05, 0.1) is 5.56 Å². The maximum Gasteiger partial charge on any atom is 0.144 e. The average molecular weight is 242 g/mol. The summed E-state index contributed by atoms with van der Waals surface area (Å²) in [6, 6.07) is 13.2. The van der Waals surface area contributed by atoms with E-state index in [1.165, 1.54) is 12.1 Å². The molecule has 0 radical (unpaired) electrons. The highest BCUT2D eigenvalue weighted by molar-refractivity contribution is 5.41. The molecule has 0 unspecified atom stereocenters. The number of anilines is 1. The molecule has 2 aromatic carbocycles. The van der Waals surface area contributed by atoms with Crippen LogP contribution in [0.5, 0.6) is 5.75 Å². The van der Waals surface area contributed by atoms with Crippen LogP contribution in [-0.2, 0) is 6.61 Å². The molecule has 0 aliphatic carbocycles. The highest BCUT2D eigenvalue weighted by Gasteiger charge is 2.03. The van der Waals surface area contributed by atoms with Crippen LogP contribution >= 0.6 is 0 Å². The minimum Gasteiger partial charge on any atom is -0.489 e. The van der Waals surface area contributed by atoms with Gasteiger partial charge in [0.2, 0.25) is 0 Å². The van der Waals surface area contributed by atoms with E-state index in [1.54, 1.807) is 24.3 Å². The van der Waals surface area contributed by atoms with Gasteiger partial charge in [-0.15, -0.1) is 0 Å². The van der Waals surface area contributed by atoms with Gasteiger partial charge >= 0.3 is 0 Å². The molecule has 3 nitrogen and oxygen atoms in total. The van der Waals surface area contributed by atoms with Crippen LogP contribution in [0.25, 0.3) is 0 Å². The molecule has 90 valence electrons. The van der Waals surface area contributed by atoms with Crippen molar-refractivity contribution in [3.8, 4) is 11.8 Å². The predicted octanol–water partition coefficient (Wildman–Crippen LogP) is 2.86. The Hall–Kier alpha value is -2.54. The maximum atomic E-state index is 13.3. The SMILES string of the molecule is N#Cc1ccc(OCc2cccc(N)c2)cc1F. The Morgan fingerprint density at radius 1 is 1.22 bits per heavy atom. The summed E-state index contributed by atoms with van der Waals surface area (Å²) in [5.74, 6) is -0.198. The van der Waals surface area contributed by atoms with E-state index in [0.29, 0.717) is 18.0 Å². The molecule has 4 heteroatoms. The van der Waals surface area contributed by atoms with Crippen molar-refractivity contribution in [2.24, 2.45) is 0 Å². The van der Waals surface area contributed by atoms with Gasteiger partial charge in [0.1, 0.15) is 24.2 Å². The van der Waals surface area contributed by atoms with Crippen LogP contribution in [0.3, 0.4) is 0 Å². The van der Waals surface area contributed by atoms with Crippen LogP contribution in [0.15, 0.2) is 42.5 Å². The number of hydrogen-bond acceptors (Lipinski definition) is 3. The largest absolute Gasteiger partial charge is 0.489 e. The minimum absolute atomic E-state index is 0.00584. The van der Waals surface area contributed by atoms with Gasteiger partial charge < -0.3 is 10.5 Å². The van der Waals surface area contributed by atoms with E-state index in [2.05, 4.69) is 0 Å². The van der Waals surface area contributed by atoms with Crippen molar-refractivity contribution >= 4 is 5.69 Å². The Morgan fingerprint density at radius 3 is 2.72 bits per heavy atom. The summed E-state index contributed by atoms with van der Waals surface area (Å²) in [5, 5.41) is 8.60. The monoisotopic (exact) mass is 242 g/mol. The number of nitrogens with zero attached hydrogens (tertiary/aromatic N) is 1. The molecule has 0 fully saturated rings. The molecule has 0 saturated carbocycles. The van der Waals surface area contributed by atoms with Crippen molar-refractivity contribution in [1.29, 1.82) is 5.26 Å². The van der Waals surface area contributed by atoms with Gasteiger partial charge in [0, 0.05) is 11.8 Å². The number of nitriles is 1. The molecule has 2 N–H and O–H groups in total. The van der Waals surface area contributed by atoms with Gasteiger partial charge in [-0.1, -0.05) is 12.1 Å². The Labute approximate surface area is 104 Å². The summed E-state index contributed by atoms with van der Waals surface area (Å²) in [6.07, 6.45) is 0. The van der Waals surface area contributed by atoms with Crippen molar-refractivity contribution in [2.75, 3.05) is 5.73 Å². The summed E-state index contributed by atoms with van der Waals surface area (Å²) in [6.45, 7) is 0.302. The molecular formula is C14H11FN2O. The summed E-state index contributed by atoms with van der Waals surface area (Å²) >= 11 is 0. The first-order chi connectivity index (χ1) is 8.69. The first kappa shape index (κ1) is 11.9. The van der Waals surface area contributed by atoms with Crippen molar-refractivity contribution in [1.82, 2.24) is 0 Å². The fourth-order valence-electron chi connectivity index (χ4n) is 1.53. The molecule has 0 amide bonds. The van der Waals surface area contributed by atoms with Gasteiger partial charge in [-0.25, -0.2) is 4.39 Å². The Balaban J connectivity index is 2.07. The predicted molar refractivity (Wildman–Crippen MR) is 66.3 cm³/mol. The molecule has 0 atom stereocenters. The van der Waals surface area contributed by atoms with E-state index in [9.17, 15) is 4.39 Å². The lowest BCUT2D eigenvalue weighted by atomic mass is 10.2. The second-order valence-corrected chi connectivity index (χ2v) is 3.79. The molecule has 0 bridgehead atoms. The highest BCUT2D eigenvalue weighted by Crippen LogP contribution is 2.17. The number of halogens is 1. The number of rotatable bonds is 3. The lowest BCUT2D eigenvalue weighted by Crippen LogP contribution is -1.97. The third-order valence-corrected chi connectivity index (χ3v) is 2.42. The summed E-state index contributed by atoms with van der Waals surface area (Å²) in [5.41, 5.74) is 7.20. The Kier molecular flexibility index (Phi) is 3.44. The number of benzene rings is 2. The zero-order valence-electron chi connectivity index (χ0n) is 9.56. The van der Waals surface area contributed by atoms with Crippen molar-refractivity contribution in [3.63, 3.8) is 0 Å². The third-order valence-electron chi connectivity index (χ3n) is 2.42. The maximum absolute atomic E-state index is 13.3. The van der Waals surface area contributed by atoms with Gasteiger partial charge in [-0.2, -0.15) is 5.26 Å². The number of nitrogens with two attached hydrogens (primary N) is 1. The molecule has 0 aromatic heterocycles. The summed E-state index contributed by atoms with van der Waals surface area (Å²) in [7, 11) is 0. The quantitative estimate of drug-likeness (QED) is 0.842. The molecule has 0 aliphatic heterocycles. The summed E-state index contributed by atoms with van der Waals surface area (Å²) < 4.78 is 18.7. The molecular weight excluding hydrogens is 231 g/mol.